The van der Waals surface area contributed by atoms with Crippen molar-refractivity contribution in [1.82, 2.24) is 19.5 Å². The number of rotatable bonds is 6. The molecule has 1 saturated carbocycles. The average Bonchev–Trinajstić information content (AvgIpc) is 3.37. The van der Waals surface area contributed by atoms with Crippen LogP contribution in [-0.2, 0) is 6.54 Å². The van der Waals surface area contributed by atoms with E-state index in [0.29, 0.717) is 24.0 Å². The maximum Gasteiger partial charge on any atom is 0.275 e. The number of β-amino-alcohol motifs (C(OH)–C–C–N with tert-alkyl or cyclic N) is 1. The number of aliphatic hydroxyl groups is 2. The zero-order chi connectivity index (χ0) is 18.3. The lowest BCUT2D eigenvalue weighted by atomic mass is 9.73. The van der Waals surface area contributed by atoms with Gasteiger partial charge in [-0.15, -0.1) is 0 Å². The maximum atomic E-state index is 12.4. The molecular weight excluding hydrogens is 352 g/mol. The van der Waals surface area contributed by atoms with Crippen LogP contribution in [0.4, 0.5) is 0 Å². The first-order chi connectivity index (χ1) is 12.5. The molecule has 0 unspecified atom stereocenters. The molecule has 0 bridgehead atoms. The Morgan fingerprint density at radius 3 is 2.88 bits per heavy atom. The molecule has 3 heterocycles. The summed E-state index contributed by atoms with van der Waals surface area (Å²) in [6.45, 7) is 3.92. The van der Waals surface area contributed by atoms with Gasteiger partial charge in [-0.2, -0.15) is 9.61 Å². The minimum atomic E-state index is -0.559. The summed E-state index contributed by atoms with van der Waals surface area (Å²) in [7, 11) is 0. The molecule has 0 aromatic carbocycles. The standard InChI is InChI=1S/C18H26N4O3S/c1-2-5-18(11-23)6-7-21(10-14(18)24)9-13-8-15(25)22-17(19-13)26-16(20-22)12-3-4-12/h8,12,14,23-24H,2-7,9-11H2,1H3/t14-,18+/m0/s1. The molecule has 2 atom stereocenters. The average molecular weight is 378 g/mol. The molecule has 2 fully saturated rings. The molecule has 2 N–H and O–H groups in total. The van der Waals surface area contributed by atoms with Crippen LogP contribution >= 0.6 is 11.3 Å². The second-order valence-corrected chi connectivity index (χ2v) is 8.75. The summed E-state index contributed by atoms with van der Waals surface area (Å²) in [5.74, 6) is 0.506. The molecule has 0 spiro atoms. The summed E-state index contributed by atoms with van der Waals surface area (Å²) in [5.41, 5.74) is 0.195. The van der Waals surface area contributed by atoms with Gasteiger partial charge in [0.05, 0.1) is 18.4 Å². The van der Waals surface area contributed by atoms with E-state index in [1.165, 1.54) is 15.9 Å². The number of hydrogen-bond acceptors (Lipinski definition) is 7. The fourth-order valence-corrected chi connectivity index (χ4v) is 5.04. The fraction of sp³-hybridized carbons (Fsp3) is 0.722. The van der Waals surface area contributed by atoms with Crippen molar-refractivity contribution >= 4 is 16.3 Å². The van der Waals surface area contributed by atoms with Crippen LogP contribution in [0.2, 0.25) is 0 Å². The van der Waals surface area contributed by atoms with E-state index in [4.69, 9.17) is 0 Å². The summed E-state index contributed by atoms with van der Waals surface area (Å²) < 4.78 is 1.41. The SMILES string of the molecule is CCC[C@]1(CO)CCN(Cc2cc(=O)n3nc(C4CC4)sc3n2)C[C@@H]1O. The van der Waals surface area contributed by atoms with Crippen LogP contribution in [0.1, 0.15) is 55.6 Å². The molecule has 4 rings (SSSR count). The largest absolute Gasteiger partial charge is 0.396 e. The van der Waals surface area contributed by atoms with Crippen LogP contribution in [0.15, 0.2) is 10.9 Å². The van der Waals surface area contributed by atoms with Gasteiger partial charge >= 0.3 is 0 Å². The number of fused-ring (bicyclic) bond motifs is 1. The fourth-order valence-electron chi connectivity index (χ4n) is 3.95. The van der Waals surface area contributed by atoms with E-state index in [1.807, 2.05) is 0 Å². The van der Waals surface area contributed by atoms with Crippen molar-refractivity contribution in [3.63, 3.8) is 0 Å². The van der Waals surface area contributed by atoms with Gasteiger partial charge < -0.3 is 10.2 Å². The summed E-state index contributed by atoms with van der Waals surface area (Å²) in [6.07, 6.45) is 4.27. The Bertz CT molecular complexity index is 847. The highest BCUT2D eigenvalue weighted by atomic mass is 32.1. The Balaban J connectivity index is 1.50. The van der Waals surface area contributed by atoms with E-state index in [1.54, 1.807) is 6.07 Å². The highest BCUT2D eigenvalue weighted by molar-refractivity contribution is 7.16. The van der Waals surface area contributed by atoms with E-state index in [-0.39, 0.29) is 17.6 Å². The van der Waals surface area contributed by atoms with Crippen molar-refractivity contribution in [1.29, 1.82) is 0 Å². The van der Waals surface area contributed by atoms with Crippen molar-refractivity contribution < 1.29 is 10.2 Å². The molecule has 1 aliphatic heterocycles. The summed E-state index contributed by atoms with van der Waals surface area (Å²) in [6, 6.07) is 1.55. The van der Waals surface area contributed by atoms with Crippen LogP contribution < -0.4 is 5.56 Å². The van der Waals surface area contributed by atoms with Crippen molar-refractivity contribution in [3.8, 4) is 0 Å². The van der Waals surface area contributed by atoms with Crippen LogP contribution in [-0.4, -0.2) is 55.5 Å². The third kappa shape index (κ3) is 3.31. The van der Waals surface area contributed by atoms with Gasteiger partial charge in [-0.3, -0.25) is 9.69 Å². The summed E-state index contributed by atoms with van der Waals surface area (Å²) >= 11 is 1.51. The first-order valence-corrected chi connectivity index (χ1v) is 10.3. The minimum absolute atomic E-state index is 0.0201. The molecule has 26 heavy (non-hydrogen) atoms. The quantitative estimate of drug-likeness (QED) is 0.789. The molecule has 1 saturated heterocycles. The lowest BCUT2D eigenvalue weighted by Crippen LogP contribution is -2.52. The first-order valence-electron chi connectivity index (χ1n) is 9.45. The monoisotopic (exact) mass is 378 g/mol. The number of aromatic nitrogens is 3. The molecule has 0 amide bonds. The normalized spacial score (nSPS) is 27.3. The molecule has 1 aliphatic carbocycles. The lowest BCUT2D eigenvalue weighted by molar-refractivity contribution is -0.0804. The summed E-state index contributed by atoms with van der Waals surface area (Å²) in [5, 5.41) is 25.8. The minimum Gasteiger partial charge on any atom is -0.396 e. The molecule has 2 aromatic rings. The zero-order valence-electron chi connectivity index (χ0n) is 15.1. The van der Waals surface area contributed by atoms with Gasteiger partial charge in [-0.25, -0.2) is 4.98 Å². The highest BCUT2D eigenvalue weighted by Gasteiger charge is 2.41. The van der Waals surface area contributed by atoms with Gasteiger partial charge in [0.15, 0.2) is 0 Å². The van der Waals surface area contributed by atoms with Crippen LogP contribution in [0.25, 0.3) is 4.96 Å². The van der Waals surface area contributed by atoms with Gasteiger partial charge in [0.1, 0.15) is 5.01 Å². The predicted molar refractivity (Wildman–Crippen MR) is 99.4 cm³/mol. The van der Waals surface area contributed by atoms with E-state index in [9.17, 15) is 15.0 Å². The Hall–Kier alpha value is -1.35. The Morgan fingerprint density at radius 2 is 2.23 bits per heavy atom. The van der Waals surface area contributed by atoms with Crippen LogP contribution in [0.5, 0.6) is 0 Å². The molecule has 2 aromatic heterocycles. The van der Waals surface area contributed by atoms with Crippen LogP contribution in [0, 0.1) is 5.41 Å². The van der Waals surface area contributed by atoms with Crippen molar-refractivity contribution in [2.75, 3.05) is 19.7 Å². The number of aliphatic hydroxyl groups excluding tert-OH is 2. The zero-order valence-corrected chi connectivity index (χ0v) is 15.9. The summed E-state index contributed by atoms with van der Waals surface area (Å²) in [4.78, 5) is 19.8. The van der Waals surface area contributed by atoms with E-state index >= 15 is 0 Å². The molecule has 7 nitrogen and oxygen atoms in total. The van der Waals surface area contributed by atoms with Gasteiger partial charge in [0.2, 0.25) is 4.96 Å². The third-order valence-corrected chi connectivity index (χ3v) is 6.82. The molecule has 142 valence electrons. The first kappa shape index (κ1) is 18.0. The number of hydrogen-bond donors (Lipinski definition) is 2. The predicted octanol–water partition coefficient (Wildman–Crippen LogP) is 1.37. The smallest absolute Gasteiger partial charge is 0.275 e. The lowest BCUT2D eigenvalue weighted by Gasteiger charge is -2.44. The Labute approximate surface area is 156 Å². The number of likely N-dealkylation sites (tertiary alicyclic amines) is 1. The highest BCUT2D eigenvalue weighted by Crippen LogP contribution is 2.41. The van der Waals surface area contributed by atoms with Crippen molar-refractivity contribution in [2.45, 2.75) is 57.6 Å². The van der Waals surface area contributed by atoms with E-state index in [2.05, 4.69) is 21.9 Å². The Morgan fingerprint density at radius 1 is 1.42 bits per heavy atom. The van der Waals surface area contributed by atoms with Gasteiger partial charge in [0.25, 0.3) is 5.56 Å². The Kier molecular flexibility index (Phi) is 4.85. The number of nitrogens with zero attached hydrogens (tertiary/aromatic N) is 4. The van der Waals surface area contributed by atoms with Gasteiger partial charge in [-0.1, -0.05) is 24.7 Å². The second-order valence-electron chi connectivity index (χ2n) is 7.77. The van der Waals surface area contributed by atoms with Crippen molar-refractivity contribution in [3.05, 3.63) is 27.1 Å². The topological polar surface area (TPSA) is 91.0 Å². The molecule has 0 radical (unpaired) electrons. The maximum absolute atomic E-state index is 12.4. The van der Waals surface area contributed by atoms with Crippen LogP contribution in [0.3, 0.4) is 0 Å². The molecular formula is C18H26N4O3S. The van der Waals surface area contributed by atoms with Gasteiger partial charge in [0, 0.05) is 30.5 Å². The second kappa shape index (κ2) is 6.99. The third-order valence-electron chi connectivity index (χ3n) is 5.75. The van der Waals surface area contributed by atoms with Crippen molar-refractivity contribution in [2.24, 2.45) is 5.41 Å². The van der Waals surface area contributed by atoms with Gasteiger partial charge in [-0.05, 0) is 32.2 Å². The molecule has 8 heteroatoms. The molecule has 2 aliphatic rings. The van der Waals surface area contributed by atoms with E-state index < -0.39 is 6.10 Å². The number of piperidine rings is 1. The van der Waals surface area contributed by atoms with E-state index in [0.717, 1.165) is 49.4 Å².